The number of pyridine rings is 1. The fraction of sp³-hybridized carbons (Fsp3) is 0.364. The molecule has 1 aliphatic carbocycles. The Bertz CT molecular complexity index is 3190. The molecular formula is C55H57N9O7S. The lowest BCUT2D eigenvalue weighted by Crippen LogP contribution is -2.47. The van der Waals surface area contributed by atoms with Crippen molar-refractivity contribution in [1.29, 1.82) is 0 Å². The molecular weight excluding hydrogens is 931 g/mol. The molecule has 3 aliphatic heterocycles. The Morgan fingerprint density at radius 2 is 1.64 bits per heavy atom. The van der Waals surface area contributed by atoms with Crippen LogP contribution in [-0.2, 0) is 34.3 Å². The molecule has 1 saturated carbocycles. The molecule has 7 aromatic rings. The van der Waals surface area contributed by atoms with Gasteiger partial charge in [0.15, 0.2) is 10.8 Å². The van der Waals surface area contributed by atoms with Gasteiger partial charge in [0.2, 0.25) is 11.8 Å². The minimum absolute atomic E-state index is 0.0241. The number of piperidine rings is 1. The van der Waals surface area contributed by atoms with Crippen molar-refractivity contribution in [3.05, 3.63) is 125 Å². The van der Waals surface area contributed by atoms with E-state index >= 15 is 0 Å². The predicted molar refractivity (Wildman–Crippen MR) is 277 cm³/mol. The summed E-state index contributed by atoms with van der Waals surface area (Å²) in [5.74, 6) is -0.994. The average molecular weight is 988 g/mol. The number of ether oxygens (including phenoxy) is 2. The molecule has 370 valence electrons. The number of aromatic nitrogens is 4. The number of anilines is 3. The summed E-state index contributed by atoms with van der Waals surface area (Å²) in [5.41, 5.74) is 8.31. The number of aryl methyl sites for hydroxylation is 1. The molecule has 6 heterocycles. The minimum Gasteiger partial charge on any atom is -0.490 e. The number of carboxylic acid groups (broad SMARTS) is 1. The molecule has 3 fully saturated rings. The van der Waals surface area contributed by atoms with Crippen LogP contribution in [0.5, 0.6) is 5.75 Å². The van der Waals surface area contributed by atoms with E-state index < -0.39 is 11.9 Å². The summed E-state index contributed by atoms with van der Waals surface area (Å²) in [5, 5.41) is 22.2. The molecule has 11 rings (SSSR count). The highest BCUT2D eigenvalue weighted by atomic mass is 32.1. The molecule has 0 radical (unpaired) electrons. The molecule has 4 aliphatic rings. The Labute approximate surface area is 420 Å². The number of hydrogen-bond acceptors (Lipinski definition) is 13. The normalized spacial score (nSPS) is 19.6. The second kappa shape index (κ2) is 20.1. The third-order valence-electron chi connectivity index (χ3n) is 14.9. The van der Waals surface area contributed by atoms with Crippen LogP contribution in [0.1, 0.15) is 87.7 Å². The second-order valence-corrected chi connectivity index (χ2v) is 20.3. The number of piperazine rings is 1. The van der Waals surface area contributed by atoms with E-state index in [0.717, 1.165) is 119 Å². The van der Waals surface area contributed by atoms with Crippen molar-refractivity contribution in [3.63, 3.8) is 0 Å². The smallest absolute Gasteiger partial charge is 0.355 e. The monoisotopic (exact) mass is 987 g/mol. The van der Waals surface area contributed by atoms with Crippen molar-refractivity contribution in [2.75, 3.05) is 61.0 Å². The summed E-state index contributed by atoms with van der Waals surface area (Å²) < 4.78 is 15.9. The van der Waals surface area contributed by atoms with Gasteiger partial charge in [-0.05, 0) is 122 Å². The quantitative estimate of drug-likeness (QED) is 0.0943. The lowest BCUT2D eigenvalue weighted by Gasteiger charge is -2.36. The van der Waals surface area contributed by atoms with Gasteiger partial charge >= 0.3 is 5.97 Å². The predicted octanol–water partition coefficient (Wildman–Crippen LogP) is 8.12. The van der Waals surface area contributed by atoms with Crippen LogP contribution in [-0.4, -0.2) is 112 Å². The molecule has 0 bridgehead atoms. The number of carboxylic acids is 1. The van der Waals surface area contributed by atoms with Gasteiger partial charge in [-0.15, -0.1) is 0 Å². The van der Waals surface area contributed by atoms with Gasteiger partial charge in [-0.1, -0.05) is 47.7 Å². The number of nitrogens with zero attached hydrogens (tertiary/aromatic N) is 7. The topological polar surface area (TPSA) is 184 Å². The molecule has 2 saturated heterocycles. The Kier molecular flexibility index (Phi) is 13.2. The number of imide groups is 1. The van der Waals surface area contributed by atoms with Crippen molar-refractivity contribution < 1.29 is 33.8 Å². The molecule has 1 unspecified atom stereocenters. The van der Waals surface area contributed by atoms with E-state index in [-0.39, 0.29) is 35.6 Å². The molecule has 1 atom stereocenters. The van der Waals surface area contributed by atoms with Gasteiger partial charge in [0.25, 0.3) is 5.91 Å². The largest absolute Gasteiger partial charge is 0.490 e. The number of amides is 3. The molecule has 0 spiro atoms. The van der Waals surface area contributed by atoms with Crippen molar-refractivity contribution in [2.24, 2.45) is 7.05 Å². The SMILES string of the molecule is Cc1c(OC2CCC(OCCN3CCN(c4ccc5c(C6CCC(=O)NC6=O)nn(C)c5c4)CC3)CC2)cccc1-c1ccc(N2CCc3cccc(C(=O)Nc4nc5ccccc5s4)c3C2)nc1C(=O)O. The van der Waals surface area contributed by atoms with Crippen molar-refractivity contribution in [1.82, 2.24) is 30.0 Å². The van der Waals surface area contributed by atoms with E-state index in [1.807, 2.05) is 96.3 Å². The molecule has 72 heavy (non-hydrogen) atoms. The first kappa shape index (κ1) is 47.1. The minimum atomic E-state index is -1.12. The van der Waals surface area contributed by atoms with E-state index in [4.69, 9.17) is 19.6 Å². The molecule has 3 N–H and O–H groups in total. The second-order valence-electron chi connectivity index (χ2n) is 19.3. The van der Waals surface area contributed by atoms with Crippen molar-refractivity contribution in [2.45, 2.75) is 76.5 Å². The highest BCUT2D eigenvalue weighted by Crippen LogP contribution is 2.37. The summed E-state index contributed by atoms with van der Waals surface area (Å²) >= 11 is 1.43. The van der Waals surface area contributed by atoms with E-state index in [1.165, 1.54) is 11.3 Å². The maximum atomic E-state index is 13.7. The third-order valence-corrected chi connectivity index (χ3v) is 15.8. The maximum Gasteiger partial charge on any atom is 0.355 e. The van der Waals surface area contributed by atoms with Gasteiger partial charge in [-0.25, -0.2) is 14.8 Å². The van der Waals surface area contributed by atoms with Gasteiger partial charge in [0.05, 0.1) is 46.2 Å². The lowest BCUT2D eigenvalue weighted by atomic mass is 9.93. The zero-order valence-corrected chi connectivity index (χ0v) is 41.3. The molecule has 3 aromatic heterocycles. The number of aromatic carboxylic acids is 1. The van der Waals surface area contributed by atoms with E-state index in [1.54, 1.807) is 0 Å². The number of para-hydroxylation sites is 1. The Morgan fingerprint density at radius 1 is 0.833 bits per heavy atom. The number of thiazole rings is 1. The molecule has 16 nitrogen and oxygen atoms in total. The number of rotatable bonds is 13. The summed E-state index contributed by atoms with van der Waals surface area (Å²) in [6.45, 7) is 8.23. The van der Waals surface area contributed by atoms with Gasteiger partial charge in [-0.3, -0.25) is 34.6 Å². The first-order valence-corrected chi connectivity index (χ1v) is 25.8. The number of carbonyl (C=O) groups is 4. The van der Waals surface area contributed by atoms with Crippen LogP contribution in [0.3, 0.4) is 0 Å². The summed E-state index contributed by atoms with van der Waals surface area (Å²) in [7, 11) is 1.90. The van der Waals surface area contributed by atoms with Crippen molar-refractivity contribution in [3.8, 4) is 16.9 Å². The van der Waals surface area contributed by atoms with E-state index in [2.05, 4.69) is 43.6 Å². The van der Waals surface area contributed by atoms with Crippen molar-refractivity contribution >= 4 is 72.8 Å². The zero-order chi connectivity index (χ0) is 49.5. The summed E-state index contributed by atoms with van der Waals surface area (Å²) in [6.07, 6.45) is 5.23. The van der Waals surface area contributed by atoms with Crippen LogP contribution in [0.2, 0.25) is 0 Å². The molecule has 4 aromatic carbocycles. The first-order chi connectivity index (χ1) is 35.0. The summed E-state index contributed by atoms with van der Waals surface area (Å²) in [6, 6.07) is 29.4. The Balaban J connectivity index is 0.664. The number of hydrogen-bond donors (Lipinski definition) is 3. The van der Waals surface area contributed by atoms with Crippen LogP contribution < -0.4 is 25.2 Å². The zero-order valence-electron chi connectivity index (χ0n) is 40.4. The van der Waals surface area contributed by atoms with Gasteiger partial charge in [0.1, 0.15) is 11.6 Å². The third kappa shape index (κ3) is 9.63. The fourth-order valence-electron chi connectivity index (χ4n) is 10.9. The number of fused-ring (bicyclic) bond motifs is 3. The first-order valence-electron chi connectivity index (χ1n) is 25.0. The van der Waals surface area contributed by atoms with Crippen LogP contribution in [0.15, 0.2) is 91.0 Å². The van der Waals surface area contributed by atoms with Crippen LogP contribution in [0.4, 0.5) is 16.6 Å². The highest BCUT2D eigenvalue weighted by Gasteiger charge is 2.33. The average Bonchev–Trinajstić information content (AvgIpc) is 3.96. The Morgan fingerprint density at radius 3 is 2.44 bits per heavy atom. The number of benzene rings is 4. The van der Waals surface area contributed by atoms with E-state index in [9.17, 15) is 24.3 Å². The highest BCUT2D eigenvalue weighted by molar-refractivity contribution is 7.22. The van der Waals surface area contributed by atoms with Gasteiger partial charge < -0.3 is 24.4 Å². The van der Waals surface area contributed by atoms with Gasteiger partial charge in [-0.2, -0.15) is 5.10 Å². The van der Waals surface area contributed by atoms with Crippen LogP contribution >= 0.6 is 11.3 Å². The fourth-order valence-corrected chi connectivity index (χ4v) is 11.7. The Hall–Kier alpha value is -7.21. The van der Waals surface area contributed by atoms with Crippen LogP contribution in [0, 0.1) is 6.92 Å². The number of carbonyl (C=O) groups excluding carboxylic acids is 3. The van der Waals surface area contributed by atoms with E-state index in [0.29, 0.717) is 61.0 Å². The van der Waals surface area contributed by atoms with Crippen LogP contribution in [0.25, 0.3) is 32.2 Å². The molecule has 17 heteroatoms. The summed E-state index contributed by atoms with van der Waals surface area (Å²) in [4.78, 5) is 67.1. The van der Waals surface area contributed by atoms with Gasteiger partial charge in [0, 0.05) is 81.5 Å². The lowest BCUT2D eigenvalue weighted by molar-refractivity contribution is -0.134. The number of nitrogens with one attached hydrogen (secondary N) is 2. The standard InChI is InChI=1S/C55H57N9O7S/c1-33-38(39-19-21-48(57-51(39)54(68)69)64-24-23-34-7-5-9-40(43(34)32-64)52(66)59-55-56-44-10-3-4-12-47(44)72-55)8-6-11-46(33)71-37-16-14-36(15-17-37)70-30-29-62-25-27-63(28-26-62)35-13-18-41-45(31-35)61(2)60-50(41)42-20-22-49(65)58-53(42)67/h3-13,18-19,21,31,36-37,42H,14-17,20,22-30,32H2,1-2H3,(H,68,69)(H,56,59,66)(H,58,65,67). The maximum absolute atomic E-state index is 13.7. The molecule has 3 amide bonds.